The van der Waals surface area contributed by atoms with Crippen molar-refractivity contribution in [2.45, 2.75) is 111 Å². The molecule has 4 heterocycles. The molecular weight excluding hydrogens is 843 g/mol. The van der Waals surface area contributed by atoms with Crippen molar-refractivity contribution in [1.29, 1.82) is 0 Å². The monoisotopic (exact) mass is 892 g/mol. The van der Waals surface area contributed by atoms with Crippen LogP contribution in [0.25, 0.3) is 21.8 Å². The van der Waals surface area contributed by atoms with Gasteiger partial charge in [0, 0.05) is 52.6 Å². The van der Waals surface area contributed by atoms with Crippen LogP contribution < -0.4 is 20.1 Å². The van der Waals surface area contributed by atoms with E-state index in [0.29, 0.717) is 33.8 Å². The first-order valence-electron chi connectivity index (χ1n) is 20.8. The number of nitrogens with zero attached hydrogens (tertiary/aromatic N) is 6. The predicted octanol–water partition coefficient (Wildman–Crippen LogP) is 11.6. The number of halogens is 6. The second-order valence-electron chi connectivity index (χ2n) is 18.8. The van der Waals surface area contributed by atoms with Gasteiger partial charge in [0.1, 0.15) is 39.9 Å². The Kier molecular flexibility index (Phi) is 11.7. The lowest BCUT2D eigenvalue weighted by Gasteiger charge is -2.37. The maximum absolute atomic E-state index is 14.5. The zero-order valence-electron chi connectivity index (χ0n) is 36.9. The van der Waals surface area contributed by atoms with Crippen molar-refractivity contribution in [3.63, 3.8) is 0 Å². The molecule has 0 unspecified atom stereocenters. The number of alkyl halides is 6. The van der Waals surface area contributed by atoms with Gasteiger partial charge in [0.25, 0.3) is 11.8 Å². The van der Waals surface area contributed by atoms with E-state index < -0.39 is 58.3 Å². The summed E-state index contributed by atoms with van der Waals surface area (Å²) in [5, 5.41) is 16.0. The Labute approximate surface area is 365 Å². The van der Waals surface area contributed by atoms with E-state index in [9.17, 15) is 35.9 Å². The van der Waals surface area contributed by atoms with E-state index in [-0.39, 0.29) is 39.7 Å². The van der Waals surface area contributed by atoms with Crippen molar-refractivity contribution in [3.05, 3.63) is 95.3 Å². The maximum Gasteiger partial charge on any atom is 0.433 e. The minimum absolute atomic E-state index is 0.0799. The standard InChI is InChI=1S/C46H50F6N8O4/c1-42(2,3)27-13-15-28(16-14-27)59-23-25-17-34(55-40(61)31-11-10-12-38(53-31)45(47,48)49)30(21-32(25)57-59)44(7,8)64-29-19-36(54-39(20-29)46(50,51)52)41(62)56-35-18-26-24-60(43(4,5)6)58-33(26)22-37(35)63-9/h10-12,17-24,27-28H,13-16H2,1-9H3,(H,55,61)(H,56,62). The molecule has 2 N–H and O–H groups in total. The molecule has 4 aromatic heterocycles. The van der Waals surface area contributed by atoms with E-state index in [2.05, 4.69) is 46.5 Å². The van der Waals surface area contributed by atoms with Crippen LogP contribution in [0.3, 0.4) is 0 Å². The summed E-state index contributed by atoms with van der Waals surface area (Å²) in [6.07, 6.45) is -2.46. The molecule has 12 nitrogen and oxygen atoms in total. The van der Waals surface area contributed by atoms with Crippen molar-refractivity contribution in [2.75, 3.05) is 17.7 Å². The Bertz CT molecular complexity index is 2740. The van der Waals surface area contributed by atoms with Gasteiger partial charge in [-0.2, -0.15) is 36.5 Å². The zero-order valence-corrected chi connectivity index (χ0v) is 36.9. The highest BCUT2D eigenvalue weighted by Crippen LogP contribution is 2.43. The zero-order chi connectivity index (χ0) is 46.7. The van der Waals surface area contributed by atoms with E-state index in [1.165, 1.54) is 21.0 Å². The Balaban J connectivity index is 1.25. The highest BCUT2D eigenvalue weighted by atomic mass is 19.4. The summed E-state index contributed by atoms with van der Waals surface area (Å²) in [6, 6.07) is 11.1. The summed E-state index contributed by atoms with van der Waals surface area (Å²) in [4.78, 5) is 34.6. The normalized spacial score (nSPS) is 16.5. The predicted molar refractivity (Wildman–Crippen MR) is 230 cm³/mol. The van der Waals surface area contributed by atoms with Gasteiger partial charge in [0.05, 0.1) is 35.4 Å². The highest BCUT2D eigenvalue weighted by Gasteiger charge is 2.37. The molecule has 0 spiro atoms. The van der Waals surface area contributed by atoms with E-state index in [4.69, 9.17) is 14.6 Å². The van der Waals surface area contributed by atoms with E-state index in [1.54, 1.807) is 35.1 Å². The Morgan fingerprint density at radius 1 is 0.688 bits per heavy atom. The van der Waals surface area contributed by atoms with Crippen LogP contribution in [-0.2, 0) is 23.5 Å². The fourth-order valence-corrected chi connectivity index (χ4v) is 8.02. The van der Waals surface area contributed by atoms with Gasteiger partial charge in [-0.15, -0.1) is 0 Å². The van der Waals surface area contributed by atoms with Crippen LogP contribution in [0.4, 0.5) is 37.7 Å². The Hall–Kier alpha value is -6.20. The number of amides is 2. The quantitative estimate of drug-likeness (QED) is 0.137. The van der Waals surface area contributed by atoms with Crippen LogP contribution in [0.15, 0.2) is 67.0 Å². The second-order valence-corrected chi connectivity index (χ2v) is 18.8. The minimum atomic E-state index is -5.01. The average Bonchev–Trinajstić information content (AvgIpc) is 3.83. The summed E-state index contributed by atoms with van der Waals surface area (Å²) in [7, 11) is 1.38. The third-order valence-electron chi connectivity index (χ3n) is 11.6. The van der Waals surface area contributed by atoms with E-state index in [0.717, 1.165) is 49.9 Å². The molecule has 340 valence electrons. The number of fused-ring (bicyclic) bond motifs is 2. The molecular formula is C46H50F6N8O4. The van der Waals surface area contributed by atoms with Crippen LogP contribution >= 0.6 is 0 Å². The molecule has 1 fully saturated rings. The van der Waals surface area contributed by atoms with Crippen LogP contribution in [0.1, 0.15) is 125 Å². The lowest BCUT2D eigenvalue weighted by Crippen LogP contribution is -2.28. The molecule has 1 aliphatic rings. The number of hydrogen-bond acceptors (Lipinski definition) is 8. The summed E-state index contributed by atoms with van der Waals surface area (Å²) in [6.45, 7) is 15.6. The van der Waals surface area contributed by atoms with Gasteiger partial charge in [-0.1, -0.05) is 26.8 Å². The lowest BCUT2D eigenvalue weighted by atomic mass is 9.71. The highest BCUT2D eigenvalue weighted by molar-refractivity contribution is 6.06. The van der Waals surface area contributed by atoms with Crippen LogP contribution in [0.5, 0.6) is 11.5 Å². The number of pyridine rings is 2. The smallest absolute Gasteiger partial charge is 0.433 e. The molecule has 0 aliphatic heterocycles. The number of anilines is 2. The molecule has 0 bridgehead atoms. The molecule has 0 radical (unpaired) electrons. The Morgan fingerprint density at radius 2 is 1.28 bits per heavy atom. The first-order valence-corrected chi connectivity index (χ1v) is 20.8. The van der Waals surface area contributed by atoms with Crippen LogP contribution in [0, 0.1) is 11.3 Å². The van der Waals surface area contributed by atoms with Gasteiger partial charge in [0.15, 0.2) is 0 Å². The first kappa shape index (κ1) is 45.8. The third kappa shape index (κ3) is 9.79. The molecule has 1 saturated carbocycles. The summed E-state index contributed by atoms with van der Waals surface area (Å²) >= 11 is 0. The molecule has 1 aliphatic carbocycles. The van der Waals surface area contributed by atoms with Crippen molar-refractivity contribution in [1.82, 2.24) is 29.5 Å². The van der Waals surface area contributed by atoms with E-state index in [1.807, 2.05) is 31.6 Å². The fourth-order valence-electron chi connectivity index (χ4n) is 8.02. The molecule has 2 aromatic carbocycles. The largest absolute Gasteiger partial charge is 0.494 e. The number of aromatic nitrogens is 6. The number of hydrogen-bond donors (Lipinski definition) is 2. The minimum Gasteiger partial charge on any atom is -0.494 e. The number of methoxy groups -OCH3 is 1. The topological polar surface area (TPSA) is 138 Å². The van der Waals surface area contributed by atoms with Gasteiger partial charge in [-0.25, -0.2) is 9.97 Å². The van der Waals surface area contributed by atoms with Gasteiger partial charge < -0.3 is 20.1 Å². The van der Waals surface area contributed by atoms with E-state index >= 15 is 0 Å². The van der Waals surface area contributed by atoms with Crippen molar-refractivity contribution < 1.29 is 45.4 Å². The van der Waals surface area contributed by atoms with Crippen molar-refractivity contribution in [3.8, 4) is 11.5 Å². The third-order valence-corrected chi connectivity index (χ3v) is 11.6. The van der Waals surface area contributed by atoms with Crippen LogP contribution in [-0.4, -0.2) is 48.5 Å². The molecule has 7 rings (SSSR count). The van der Waals surface area contributed by atoms with Gasteiger partial charge in [-0.3, -0.25) is 19.0 Å². The first-order chi connectivity index (χ1) is 29.7. The summed E-state index contributed by atoms with van der Waals surface area (Å²) < 4.78 is 99.5. The number of ether oxygens (including phenoxy) is 2. The van der Waals surface area contributed by atoms with Crippen LogP contribution in [0.2, 0.25) is 0 Å². The maximum atomic E-state index is 14.5. The average molecular weight is 893 g/mol. The number of benzene rings is 2. The lowest BCUT2D eigenvalue weighted by molar-refractivity contribution is -0.142. The number of rotatable bonds is 9. The molecule has 18 heteroatoms. The number of carbonyl (C=O) groups is 2. The molecule has 64 heavy (non-hydrogen) atoms. The summed E-state index contributed by atoms with van der Waals surface area (Å²) in [5.74, 6) is -1.63. The number of nitrogens with one attached hydrogen (secondary N) is 2. The fraction of sp³-hybridized carbons (Fsp3) is 0.435. The van der Waals surface area contributed by atoms with Gasteiger partial charge >= 0.3 is 12.4 Å². The van der Waals surface area contributed by atoms with Crippen molar-refractivity contribution in [2.24, 2.45) is 11.3 Å². The SMILES string of the molecule is COc1cc2nn(C(C)(C)C)cc2cc1NC(=O)c1cc(OC(C)(C)c2cc3nn(C4CCC(C(C)(C)C)CC4)cc3cc2NC(=O)c2cccc(C(F)(F)F)n2)cc(C(F)(F)F)n1. The van der Waals surface area contributed by atoms with Gasteiger partial charge in [0.2, 0.25) is 0 Å². The number of carbonyl (C=O) groups excluding carboxylic acids is 2. The molecule has 2 amide bonds. The Morgan fingerprint density at radius 3 is 1.91 bits per heavy atom. The molecule has 0 saturated heterocycles. The second kappa shape index (κ2) is 16.4. The summed E-state index contributed by atoms with van der Waals surface area (Å²) in [5.41, 5.74) is -4.15. The van der Waals surface area contributed by atoms with Crippen molar-refractivity contribution >= 4 is 45.0 Å². The molecule has 0 atom stereocenters. The molecule has 6 aromatic rings. The van der Waals surface area contributed by atoms with Gasteiger partial charge in [-0.05, 0) is 102 Å².